The molecule has 0 unspecified atom stereocenters. The van der Waals surface area contributed by atoms with Gasteiger partial charge in [-0.2, -0.15) is 0 Å². The van der Waals surface area contributed by atoms with Crippen molar-refractivity contribution >= 4 is 5.91 Å². The third kappa shape index (κ3) is 3.27. The summed E-state index contributed by atoms with van der Waals surface area (Å²) in [6.45, 7) is 1.79. The number of rotatable bonds is 4. The Bertz CT molecular complexity index is 382. The first-order chi connectivity index (χ1) is 8.81. The van der Waals surface area contributed by atoms with E-state index in [2.05, 4.69) is 21.4 Å². The SMILES string of the molecule is NNC(=O)CCN1CCCC[C@@H]1c1cccnc1. The van der Waals surface area contributed by atoms with Crippen LogP contribution in [-0.2, 0) is 4.79 Å². The summed E-state index contributed by atoms with van der Waals surface area (Å²) in [5.41, 5.74) is 3.42. The molecule has 0 bridgehead atoms. The van der Waals surface area contributed by atoms with Gasteiger partial charge < -0.3 is 0 Å². The highest BCUT2D eigenvalue weighted by molar-refractivity contribution is 5.75. The number of pyridine rings is 1. The lowest BCUT2D eigenvalue weighted by molar-refractivity contribution is -0.121. The molecule has 1 fully saturated rings. The molecule has 0 aromatic carbocycles. The molecule has 5 nitrogen and oxygen atoms in total. The van der Waals surface area contributed by atoms with Crippen LogP contribution >= 0.6 is 0 Å². The summed E-state index contributed by atoms with van der Waals surface area (Å²) in [5.74, 6) is 5.00. The van der Waals surface area contributed by atoms with Crippen LogP contribution in [0.5, 0.6) is 0 Å². The number of likely N-dealkylation sites (tertiary alicyclic amines) is 1. The minimum Gasteiger partial charge on any atom is -0.296 e. The molecule has 1 saturated heterocycles. The van der Waals surface area contributed by atoms with Gasteiger partial charge in [-0.3, -0.25) is 20.1 Å². The van der Waals surface area contributed by atoms with Crippen molar-refractivity contribution < 1.29 is 4.79 Å². The number of carbonyl (C=O) groups is 1. The van der Waals surface area contributed by atoms with Gasteiger partial charge in [0.25, 0.3) is 0 Å². The van der Waals surface area contributed by atoms with Crippen LogP contribution in [-0.4, -0.2) is 28.9 Å². The van der Waals surface area contributed by atoms with E-state index < -0.39 is 0 Å². The van der Waals surface area contributed by atoms with Gasteiger partial charge in [0.15, 0.2) is 0 Å². The van der Waals surface area contributed by atoms with E-state index >= 15 is 0 Å². The van der Waals surface area contributed by atoms with Crippen molar-refractivity contribution in [3.63, 3.8) is 0 Å². The Hall–Kier alpha value is -1.46. The Balaban J connectivity index is 2.00. The monoisotopic (exact) mass is 248 g/mol. The molecule has 0 spiro atoms. The molecule has 0 radical (unpaired) electrons. The zero-order valence-corrected chi connectivity index (χ0v) is 10.5. The summed E-state index contributed by atoms with van der Waals surface area (Å²) in [4.78, 5) is 17.8. The third-order valence-electron chi connectivity index (χ3n) is 3.47. The van der Waals surface area contributed by atoms with Gasteiger partial charge in [0.2, 0.25) is 5.91 Å². The predicted octanol–water partition coefficient (Wildman–Crippen LogP) is 0.989. The van der Waals surface area contributed by atoms with Crippen molar-refractivity contribution in [2.45, 2.75) is 31.7 Å². The Labute approximate surface area is 107 Å². The van der Waals surface area contributed by atoms with E-state index in [0.717, 1.165) is 19.5 Å². The molecule has 1 aliphatic rings. The second-order valence-electron chi connectivity index (χ2n) is 4.65. The molecule has 2 heterocycles. The number of hydrogen-bond donors (Lipinski definition) is 2. The molecule has 0 saturated carbocycles. The van der Waals surface area contributed by atoms with Crippen LogP contribution in [0.3, 0.4) is 0 Å². The lowest BCUT2D eigenvalue weighted by atomic mass is 9.96. The van der Waals surface area contributed by atoms with Gasteiger partial charge in [-0.05, 0) is 31.0 Å². The molecule has 5 heteroatoms. The van der Waals surface area contributed by atoms with Crippen LogP contribution < -0.4 is 11.3 Å². The smallest absolute Gasteiger partial charge is 0.235 e. The second-order valence-corrected chi connectivity index (χ2v) is 4.65. The maximum Gasteiger partial charge on any atom is 0.235 e. The molecule has 1 aromatic heterocycles. The summed E-state index contributed by atoms with van der Waals surface area (Å²) >= 11 is 0. The minimum absolute atomic E-state index is 0.106. The lowest BCUT2D eigenvalue weighted by Gasteiger charge is -2.35. The fraction of sp³-hybridized carbons (Fsp3) is 0.538. The summed E-state index contributed by atoms with van der Waals surface area (Å²) < 4.78 is 0. The highest BCUT2D eigenvalue weighted by Crippen LogP contribution is 2.30. The topological polar surface area (TPSA) is 71.2 Å². The Kier molecular flexibility index (Phi) is 4.66. The Morgan fingerprint density at radius 1 is 1.56 bits per heavy atom. The van der Waals surface area contributed by atoms with Crippen LogP contribution in [0.4, 0.5) is 0 Å². The van der Waals surface area contributed by atoms with E-state index in [1.165, 1.54) is 18.4 Å². The molecule has 18 heavy (non-hydrogen) atoms. The number of hydrogen-bond acceptors (Lipinski definition) is 4. The van der Waals surface area contributed by atoms with Crippen molar-refractivity contribution in [2.24, 2.45) is 5.84 Å². The standard InChI is InChI=1S/C13H20N4O/c14-16-13(18)6-9-17-8-2-1-5-12(17)11-4-3-7-15-10-11/h3-4,7,10,12H,1-2,5-6,8-9,14H2,(H,16,18)/t12-/m1/s1. The van der Waals surface area contributed by atoms with E-state index in [9.17, 15) is 4.79 Å². The molecule has 0 aliphatic carbocycles. The largest absolute Gasteiger partial charge is 0.296 e. The van der Waals surface area contributed by atoms with Crippen molar-refractivity contribution in [3.8, 4) is 0 Å². The van der Waals surface area contributed by atoms with E-state index in [-0.39, 0.29) is 5.91 Å². The zero-order chi connectivity index (χ0) is 12.8. The van der Waals surface area contributed by atoms with Crippen molar-refractivity contribution in [1.82, 2.24) is 15.3 Å². The summed E-state index contributed by atoms with van der Waals surface area (Å²) in [7, 11) is 0. The average Bonchev–Trinajstić information content (AvgIpc) is 2.46. The average molecular weight is 248 g/mol. The van der Waals surface area contributed by atoms with Crippen LogP contribution in [0, 0.1) is 0 Å². The number of aromatic nitrogens is 1. The maximum absolute atomic E-state index is 11.2. The molecule has 2 rings (SSSR count). The highest BCUT2D eigenvalue weighted by atomic mass is 16.2. The molecule has 1 aromatic rings. The van der Waals surface area contributed by atoms with E-state index in [4.69, 9.17) is 5.84 Å². The van der Waals surface area contributed by atoms with Gasteiger partial charge in [-0.25, -0.2) is 5.84 Å². The first kappa shape index (κ1) is 13.0. The summed E-state index contributed by atoms with van der Waals surface area (Å²) in [6.07, 6.45) is 7.73. The maximum atomic E-state index is 11.2. The fourth-order valence-electron chi connectivity index (χ4n) is 2.53. The lowest BCUT2D eigenvalue weighted by Crippen LogP contribution is -2.38. The van der Waals surface area contributed by atoms with Gasteiger partial charge in [-0.15, -0.1) is 0 Å². The highest BCUT2D eigenvalue weighted by Gasteiger charge is 2.24. The van der Waals surface area contributed by atoms with Gasteiger partial charge in [0.1, 0.15) is 0 Å². The van der Waals surface area contributed by atoms with Gasteiger partial charge >= 0.3 is 0 Å². The Morgan fingerprint density at radius 2 is 2.44 bits per heavy atom. The van der Waals surface area contributed by atoms with Crippen molar-refractivity contribution in [1.29, 1.82) is 0 Å². The molecule has 98 valence electrons. The molecular formula is C13H20N4O. The van der Waals surface area contributed by atoms with E-state index in [0.29, 0.717) is 12.5 Å². The summed E-state index contributed by atoms with van der Waals surface area (Å²) in [5, 5.41) is 0. The first-order valence-electron chi connectivity index (χ1n) is 6.44. The van der Waals surface area contributed by atoms with Crippen molar-refractivity contribution in [2.75, 3.05) is 13.1 Å². The van der Waals surface area contributed by atoms with Crippen LogP contribution in [0.15, 0.2) is 24.5 Å². The Morgan fingerprint density at radius 3 is 3.17 bits per heavy atom. The molecule has 3 N–H and O–H groups in total. The number of nitrogens with one attached hydrogen (secondary N) is 1. The normalized spacial score (nSPS) is 20.6. The van der Waals surface area contributed by atoms with Crippen LogP contribution in [0.2, 0.25) is 0 Å². The first-order valence-corrected chi connectivity index (χ1v) is 6.44. The molecule has 1 aliphatic heterocycles. The van der Waals surface area contributed by atoms with Crippen LogP contribution in [0.25, 0.3) is 0 Å². The minimum atomic E-state index is -0.106. The fourth-order valence-corrected chi connectivity index (χ4v) is 2.53. The molecule has 1 atom stereocenters. The third-order valence-corrected chi connectivity index (χ3v) is 3.47. The summed E-state index contributed by atoms with van der Waals surface area (Å²) in [6, 6.07) is 4.46. The van der Waals surface area contributed by atoms with E-state index in [1.54, 1.807) is 6.20 Å². The second kappa shape index (κ2) is 6.47. The van der Waals surface area contributed by atoms with E-state index in [1.807, 2.05) is 12.3 Å². The van der Waals surface area contributed by atoms with Crippen LogP contribution in [0.1, 0.15) is 37.3 Å². The van der Waals surface area contributed by atoms with Gasteiger partial charge in [0.05, 0.1) is 0 Å². The number of nitrogens with two attached hydrogens (primary N) is 1. The number of amides is 1. The number of piperidine rings is 1. The number of carbonyl (C=O) groups excluding carboxylic acids is 1. The van der Waals surface area contributed by atoms with Crippen molar-refractivity contribution in [3.05, 3.63) is 30.1 Å². The van der Waals surface area contributed by atoms with Gasteiger partial charge in [0, 0.05) is 31.4 Å². The number of hydrazine groups is 1. The van der Waals surface area contributed by atoms with Gasteiger partial charge in [-0.1, -0.05) is 12.5 Å². The number of nitrogens with zero attached hydrogens (tertiary/aromatic N) is 2. The predicted molar refractivity (Wildman–Crippen MR) is 69.3 cm³/mol. The molecule has 1 amide bonds. The zero-order valence-electron chi connectivity index (χ0n) is 10.5. The molecular weight excluding hydrogens is 228 g/mol. The quantitative estimate of drug-likeness (QED) is 0.473.